The van der Waals surface area contributed by atoms with E-state index in [2.05, 4.69) is 17.2 Å². The first-order valence-electron chi connectivity index (χ1n) is 10.3. The molecule has 162 valence electrons. The van der Waals surface area contributed by atoms with Gasteiger partial charge < -0.3 is 15.2 Å². The highest BCUT2D eigenvalue weighted by atomic mass is 32.1. The van der Waals surface area contributed by atoms with Gasteiger partial charge in [0.15, 0.2) is 0 Å². The van der Waals surface area contributed by atoms with E-state index < -0.39 is 6.09 Å². The van der Waals surface area contributed by atoms with E-state index in [9.17, 15) is 9.90 Å². The number of benzene rings is 1. The van der Waals surface area contributed by atoms with Gasteiger partial charge in [-0.15, -0.1) is 11.3 Å². The number of aromatic nitrogens is 3. The van der Waals surface area contributed by atoms with Crippen molar-refractivity contribution in [3.05, 3.63) is 47.2 Å². The molecule has 0 radical (unpaired) electrons. The summed E-state index contributed by atoms with van der Waals surface area (Å²) in [7, 11) is 1.55. The van der Waals surface area contributed by atoms with Crippen molar-refractivity contribution in [2.75, 3.05) is 30.5 Å². The van der Waals surface area contributed by atoms with E-state index in [1.807, 2.05) is 18.2 Å². The smallest absolute Gasteiger partial charge is 0.411 e. The van der Waals surface area contributed by atoms with Gasteiger partial charge >= 0.3 is 6.09 Å². The fourth-order valence-electron chi connectivity index (χ4n) is 3.26. The molecular weight excluding hydrogens is 414 g/mol. The fraction of sp³-hybridized carbons (Fsp3) is 0.364. The molecule has 0 unspecified atom stereocenters. The highest BCUT2D eigenvalue weighted by molar-refractivity contribution is 7.15. The molecule has 1 aliphatic rings. The van der Waals surface area contributed by atoms with Crippen LogP contribution in [0.2, 0.25) is 0 Å². The predicted molar refractivity (Wildman–Crippen MR) is 121 cm³/mol. The van der Waals surface area contributed by atoms with Crippen LogP contribution in [0.4, 0.5) is 22.1 Å². The summed E-state index contributed by atoms with van der Waals surface area (Å²) in [6.07, 6.45) is 4.04. The van der Waals surface area contributed by atoms with E-state index in [1.165, 1.54) is 23.4 Å². The van der Waals surface area contributed by atoms with Gasteiger partial charge in [-0.2, -0.15) is 0 Å². The average Bonchev–Trinajstić information content (AvgIpc) is 3.53. The van der Waals surface area contributed by atoms with Gasteiger partial charge in [-0.1, -0.05) is 6.92 Å². The summed E-state index contributed by atoms with van der Waals surface area (Å²) < 4.78 is 4.99. The Morgan fingerprint density at radius 3 is 2.68 bits per heavy atom. The number of carbonyl (C=O) groups is 1. The van der Waals surface area contributed by atoms with Crippen molar-refractivity contribution < 1.29 is 14.6 Å². The first-order valence-corrected chi connectivity index (χ1v) is 11.1. The average molecular weight is 440 g/mol. The molecule has 31 heavy (non-hydrogen) atoms. The van der Waals surface area contributed by atoms with E-state index >= 15 is 0 Å². The molecule has 0 aliphatic heterocycles. The number of thiazole rings is 1. The van der Waals surface area contributed by atoms with Crippen LogP contribution in [-0.2, 0) is 11.2 Å². The minimum absolute atomic E-state index is 0.266. The number of hydrogen-bond donors (Lipinski definition) is 2. The Bertz CT molecular complexity index is 1050. The van der Waals surface area contributed by atoms with Gasteiger partial charge in [0.25, 0.3) is 0 Å². The highest BCUT2D eigenvalue weighted by Gasteiger charge is 2.30. The standard InChI is InChI=1S/C22H25N5O3S/c1-3-18-26-19(14-4-5-14)20(31-18)17-10-11-23-21(25-17)24-15-6-8-16(9-7-15)27(22(28)29)12-13-30-2/h6-11,14H,3-5,12-13H2,1-2H3,(H,28,29)(H,23,24,25). The van der Waals surface area contributed by atoms with Crippen LogP contribution in [0.15, 0.2) is 36.5 Å². The SMILES string of the molecule is CCc1nc(C2CC2)c(-c2ccnc(Nc3ccc(N(CCOC)C(=O)O)cc3)n2)s1. The molecule has 9 heteroatoms. The van der Waals surface area contributed by atoms with Crippen molar-refractivity contribution in [1.82, 2.24) is 15.0 Å². The molecule has 1 aliphatic carbocycles. The fourth-order valence-corrected chi connectivity index (χ4v) is 4.32. The van der Waals surface area contributed by atoms with E-state index in [0.29, 0.717) is 24.2 Å². The lowest BCUT2D eigenvalue weighted by Crippen LogP contribution is -2.32. The summed E-state index contributed by atoms with van der Waals surface area (Å²) in [4.78, 5) is 27.7. The Kier molecular flexibility index (Phi) is 6.43. The molecule has 1 aromatic carbocycles. The number of hydrogen-bond acceptors (Lipinski definition) is 7. The summed E-state index contributed by atoms with van der Waals surface area (Å²) in [6, 6.07) is 9.04. The van der Waals surface area contributed by atoms with Gasteiger partial charge in [-0.25, -0.2) is 19.7 Å². The quantitative estimate of drug-likeness (QED) is 0.488. The molecule has 8 nitrogen and oxygen atoms in total. The number of anilines is 3. The molecule has 0 saturated heterocycles. The van der Waals surface area contributed by atoms with E-state index in [0.717, 1.165) is 27.7 Å². The minimum Gasteiger partial charge on any atom is -0.465 e. The molecule has 0 bridgehead atoms. The molecule has 1 saturated carbocycles. The number of aryl methyl sites for hydroxylation is 1. The van der Waals surface area contributed by atoms with Crippen LogP contribution in [0.1, 0.15) is 36.4 Å². The van der Waals surface area contributed by atoms with Crippen LogP contribution in [0.3, 0.4) is 0 Å². The molecular formula is C22H25N5O3S. The number of ether oxygens (including phenoxy) is 1. The first kappa shape index (κ1) is 21.2. The molecule has 1 amide bonds. The summed E-state index contributed by atoms with van der Waals surface area (Å²) in [6.45, 7) is 2.71. The van der Waals surface area contributed by atoms with Gasteiger partial charge in [0, 0.05) is 30.6 Å². The van der Waals surface area contributed by atoms with Crippen molar-refractivity contribution >= 4 is 34.8 Å². The normalized spacial score (nSPS) is 13.2. The molecule has 0 spiro atoms. The Morgan fingerprint density at radius 1 is 1.26 bits per heavy atom. The second-order valence-electron chi connectivity index (χ2n) is 7.31. The second-order valence-corrected chi connectivity index (χ2v) is 8.40. The molecule has 0 atom stereocenters. The second kappa shape index (κ2) is 9.40. The zero-order chi connectivity index (χ0) is 21.8. The van der Waals surface area contributed by atoms with Gasteiger partial charge in [0.1, 0.15) is 0 Å². The maximum Gasteiger partial charge on any atom is 0.411 e. The van der Waals surface area contributed by atoms with Crippen LogP contribution >= 0.6 is 11.3 Å². The lowest BCUT2D eigenvalue weighted by atomic mass is 10.2. The molecule has 3 aromatic rings. The van der Waals surface area contributed by atoms with Gasteiger partial charge in [0.2, 0.25) is 5.95 Å². The third-order valence-corrected chi connectivity index (χ3v) is 6.28. The lowest BCUT2D eigenvalue weighted by Gasteiger charge is -2.19. The van der Waals surface area contributed by atoms with Gasteiger partial charge in [-0.05, 0) is 49.6 Å². The molecule has 2 heterocycles. The van der Waals surface area contributed by atoms with E-state index in [1.54, 1.807) is 36.8 Å². The monoisotopic (exact) mass is 439 g/mol. The third-order valence-electron chi connectivity index (χ3n) is 5.04. The number of amides is 1. The summed E-state index contributed by atoms with van der Waals surface area (Å²) in [5.41, 5.74) is 3.40. The predicted octanol–water partition coefficient (Wildman–Crippen LogP) is 4.91. The van der Waals surface area contributed by atoms with Crippen molar-refractivity contribution in [3.8, 4) is 10.6 Å². The van der Waals surface area contributed by atoms with Crippen molar-refractivity contribution in [2.24, 2.45) is 0 Å². The molecule has 1 fully saturated rings. The van der Waals surface area contributed by atoms with Crippen LogP contribution in [0.5, 0.6) is 0 Å². The summed E-state index contributed by atoms with van der Waals surface area (Å²) >= 11 is 1.71. The van der Waals surface area contributed by atoms with Crippen LogP contribution < -0.4 is 10.2 Å². The molecule has 4 rings (SSSR count). The third kappa shape index (κ3) is 5.00. The maximum absolute atomic E-state index is 11.5. The zero-order valence-corrected chi connectivity index (χ0v) is 18.4. The van der Waals surface area contributed by atoms with Crippen LogP contribution in [-0.4, -0.2) is 46.4 Å². The molecule has 2 aromatic heterocycles. The molecule has 2 N–H and O–H groups in total. The highest BCUT2D eigenvalue weighted by Crippen LogP contribution is 2.45. The lowest BCUT2D eigenvalue weighted by molar-refractivity contribution is 0.186. The van der Waals surface area contributed by atoms with Crippen LogP contribution in [0, 0.1) is 0 Å². The number of methoxy groups -OCH3 is 1. The van der Waals surface area contributed by atoms with Gasteiger partial charge in [-0.3, -0.25) is 4.90 Å². The first-order chi connectivity index (χ1) is 15.1. The Labute approximate surface area is 185 Å². The largest absolute Gasteiger partial charge is 0.465 e. The van der Waals surface area contributed by atoms with E-state index in [4.69, 9.17) is 14.7 Å². The Hall–Kier alpha value is -3.04. The number of carboxylic acid groups (broad SMARTS) is 1. The summed E-state index contributed by atoms with van der Waals surface area (Å²) in [5, 5.41) is 13.8. The number of rotatable bonds is 9. The topological polar surface area (TPSA) is 100 Å². The Balaban J connectivity index is 1.52. The van der Waals surface area contributed by atoms with Crippen LogP contribution in [0.25, 0.3) is 10.6 Å². The van der Waals surface area contributed by atoms with Crippen molar-refractivity contribution in [1.29, 1.82) is 0 Å². The number of nitrogens with one attached hydrogen (secondary N) is 1. The minimum atomic E-state index is -1.02. The summed E-state index contributed by atoms with van der Waals surface area (Å²) in [5.74, 6) is 1.05. The van der Waals surface area contributed by atoms with E-state index in [-0.39, 0.29) is 6.54 Å². The maximum atomic E-state index is 11.5. The Morgan fingerprint density at radius 2 is 2.03 bits per heavy atom. The van der Waals surface area contributed by atoms with Crippen molar-refractivity contribution in [3.63, 3.8) is 0 Å². The zero-order valence-electron chi connectivity index (χ0n) is 17.5. The van der Waals surface area contributed by atoms with Gasteiger partial charge in [0.05, 0.1) is 34.4 Å². The van der Waals surface area contributed by atoms with Crippen molar-refractivity contribution in [2.45, 2.75) is 32.1 Å². The number of nitrogens with zero attached hydrogens (tertiary/aromatic N) is 4.